The third kappa shape index (κ3) is 107. The van der Waals surface area contributed by atoms with Crippen LogP contribution < -0.4 is 14.7 Å². The van der Waals surface area contributed by atoms with Crippen molar-refractivity contribution in [2.75, 3.05) is 89.7 Å². The fourth-order valence-electron chi connectivity index (χ4n) is 0.262. The number of hydrogen-bond donors (Lipinski definition) is 0. The minimum atomic E-state index is -5.39. The maximum Gasteiger partial charge on any atom is 0.330 e. The van der Waals surface area contributed by atoms with E-state index in [1.165, 1.54) is 19.6 Å². The van der Waals surface area contributed by atoms with E-state index in [1.807, 2.05) is 6.92 Å². The Morgan fingerprint density at radius 3 is 1.06 bits per heavy atom. The molecule has 0 atom stereocenters. The predicted octanol–water partition coefficient (Wildman–Crippen LogP) is 0.439. The highest BCUT2D eigenvalue weighted by atomic mass is 31.2. The minimum absolute atomic E-state index is 0.341. The van der Waals surface area contributed by atoms with Gasteiger partial charge in [0.1, 0.15) is 0 Å². The van der Waals surface area contributed by atoms with E-state index in [9.17, 15) is 4.79 Å². The number of nitrogens with zero attached hydrogens (tertiary/aromatic N) is 3. The smallest absolute Gasteiger partial charge is 0.330 e. The average molecular weight is 474 g/mol. The second-order valence-corrected chi connectivity index (χ2v) is 10.5. The third-order valence-corrected chi connectivity index (χ3v) is 3.46. The van der Waals surface area contributed by atoms with Crippen LogP contribution in [0.15, 0.2) is 12.7 Å². The molecule has 9 nitrogen and oxygen atoms in total. The molecule has 0 amide bonds. The zero-order valence-electron chi connectivity index (χ0n) is 22.6. The van der Waals surface area contributed by atoms with Crippen molar-refractivity contribution in [2.45, 2.75) is 34.1 Å². The quantitative estimate of drug-likeness (QED) is 0.239. The number of ether oxygens (including phenoxy) is 1. The van der Waals surface area contributed by atoms with Gasteiger partial charge in [0.25, 0.3) is 0 Å². The Hall–Kier alpha value is -0.800. The number of quaternary nitrogens is 3. The van der Waals surface area contributed by atoms with Crippen molar-refractivity contribution in [1.82, 2.24) is 0 Å². The fourth-order valence-corrected chi connectivity index (χ4v) is 0.262. The maximum absolute atomic E-state index is 10.2. The zero-order chi connectivity index (χ0) is 26.5. The van der Waals surface area contributed by atoms with Crippen molar-refractivity contribution in [3.63, 3.8) is 0 Å². The summed E-state index contributed by atoms with van der Waals surface area (Å²) in [4.78, 5) is 35.9. The molecule has 31 heavy (non-hydrogen) atoms. The number of esters is 1. The molecule has 0 aliphatic carbocycles. The first-order chi connectivity index (χ1) is 13.5. The maximum atomic E-state index is 10.2. The number of carbonyl (C=O) groups is 1. The molecule has 0 aliphatic heterocycles. The normalized spacial score (nSPS) is 11.0. The van der Waals surface area contributed by atoms with Gasteiger partial charge in [-0.15, -0.1) is 0 Å². The second kappa shape index (κ2) is 21.1. The lowest BCUT2D eigenvalue weighted by Crippen LogP contribution is -2.33. The van der Waals surface area contributed by atoms with E-state index in [4.69, 9.17) is 19.2 Å². The number of hydrogen-bond acceptors (Lipinski definition) is 6. The molecule has 0 saturated carbocycles. The van der Waals surface area contributed by atoms with Gasteiger partial charge in [-0.05, 0) is 27.2 Å². The van der Waals surface area contributed by atoms with E-state index in [-0.39, 0.29) is 5.97 Å². The first kappa shape index (κ1) is 40.5. The summed E-state index contributed by atoms with van der Waals surface area (Å²) in [6.07, 6.45) is 2.02. The lowest BCUT2D eigenvalue weighted by molar-refractivity contribution is -0.868. The molecule has 0 N–H and O–H groups in total. The minimum Gasteiger partial charge on any atom is -0.822 e. The number of phosphoric acid groups is 1. The molecule has 0 rings (SSSR count). The van der Waals surface area contributed by atoms with Gasteiger partial charge >= 0.3 is 5.97 Å². The first-order valence-corrected chi connectivity index (χ1v) is 11.9. The van der Waals surface area contributed by atoms with Crippen molar-refractivity contribution in [1.29, 1.82) is 0 Å². The van der Waals surface area contributed by atoms with Crippen LogP contribution in [0.5, 0.6) is 0 Å². The first-order valence-electron chi connectivity index (χ1n) is 10.4. The SMILES string of the molecule is C=CC(=O)OCCC.CC[N+](C)(C)C.CC[N+](C)(C)C.CC[N+](C)(C)C.O=P([O-])([O-])[O-]. The summed E-state index contributed by atoms with van der Waals surface area (Å²) in [6, 6.07) is 0. The average Bonchev–Trinajstić information content (AvgIpc) is 2.58. The molecule has 0 saturated heterocycles. The standard InChI is InChI=1S/C6H10O2.3C5H14N.H3O4P/c1-3-5-8-6(7)4-2;3*1-5-6(2,3)4;1-5(2,3)4/h4H,2-3,5H2,1H3;3*5H2,1-4H3;(H3,1,2,3,4)/q;3*+1;/p-3. The van der Waals surface area contributed by atoms with E-state index >= 15 is 0 Å². The Morgan fingerprint density at radius 1 is 0.774 bits per heavy atom. The fraction of sp³-hybridized carbons (Fsp3) is 0.857. The van der Waals surface area contributed by atoms with E-state index in [0.717, 1.165) is 25.9 Å². The van der Waals surface area contributed by atoms with Gasteiger partial charge < -0.3 is 37.4 Å². The lowest BCUT2D eigenvalue weighted by Gasteiger charge is -2.36. The van der Waals surface area contributed by atoms with E-state index < -0.39 is 7.82 Å². The van der Waals surface area contributed by atoms with Crippen LogP contribution in [0.2, 0.25) is 0 Å². The van der Waals surface area contributed by atoms with Crippen molar-refractivity contribution in [2.24, 2.45) is 0 Å². The summed E-state index contributed by atoms with van der Waals surface area (Å²) in [7, 11) is 14.2. The van der Waals surface area contributed by atoms with E-state index in [0.29, 0.717) is 6.61 Å². The van der Waals surface area contributed by atoms with Gasteiger partial charge in [0.15, 0.2) is 0 Å². The van der Waals surface area contributed by atoms with E-state index in [1.54, 1.807) is 0 Å². The highest BCUT2D eigenvalue weighted by Crippen LogP contribution is 2.03. The van der Waals surface area contributed by atoms with Crippen molar-refractivity contribution in [3.8, 4) is 0 Å². The molecule has 0 aromatic heterocycles. The van der Waals surface area contributed by atoms with Gasteiger partial charge in [-0.2, -0.15) is 7.82 Å². The van der Waals surface area contributed by atoms with E-state index in [2.05, 4.69) is 95.5 Å². The van der Waals surface area contributed by atoms with Crippen molar-refractivity contribution in [3.05, 3.63) is 12.7 Å². The zero-order valence-corrected chi connectivity index (χ0v) is 23.5. The van der Waals surface area contributed by atoms with Crippen LogP contribution >= 0.6 is 7.82 Å². The van der Waals surface area contributed by atoms with Crippen LogP contribution in [-0.2, 0) is 14.1 Å². The molecule has 0 aliphatic rings. The largest absolute Gasteiger partial charge is 0.822 e. The van der Waals surface area contributed by atoms with Crippen molar-refractivity contribution >= 4 is 13.8 Å². The molecule has 0 radical (unpaired) electrons. The summed E-state index contributed by atoms with van der Waals surface area (Å²) in [5.74, 6) is -0.341. The molecule has 0 heterocycles. The Balaban J connectivity index is -0.0000000917. The number of rotatable bonds is 6. The Bertz CT molecular complexity index is 420. The van der Waals surface area contributed by atoms with Crippen molar-refractivity contribution < 1.29 is 42.2 Å². The van der Waals surface area contributed by atoms with Crippen LogP contribution in [0.1, 0.15) is 34.1 Å². The molecule has 0 aromatic rings. The highest BCUT2D eigenvalue weighted by molar-refractivity contribution is 7.40. The summed E-state index contributed by atoms with van der Waals surface area (Å²) < 4.78 is 16.3. The van der Waals surface area contributed by atoms with Gasteiger partial charge in [0.2, 0.25) is 0 Å². The van der Waals surface area contributed by atoms with Crippen LogP contribution in [0.4, 0.5) is 0 Å². The summed E-state index contributed by atoms with van der Waals surface area (Å²) >= 11 is 0. The summed E-state index contributed by atoms with van der Waals surface area (Å²) in [5.41, 5.74) is 0. The second-order valence-electron chi connectivity index (χ2n) is 9.64. The Labute approximate surface area is 192 Å². The van der Waals surface area contributed by atoms with Gasteiger partial charge in [-0.3, -0.25) is 0 Å². The van der Waals surface area contributed by atoms with Crippen LogP contribution in [-0.4, -0.2) is 109 Å². The summed E-state index contributed by atoms with van der Waals surface area (Å²) in [5, 5.41) is 0. The molecular formula is C21H52N3O6P. The molecule has 192 valence electrons. The Morgan fingerprint density at radius 2 is 0.968 bits per heavy atom. The van der Waals surface area contributed by atoms with Crippen LogP contribution in [0.25, 0.3) is 0 Å². The van der Waals surface area contributed by atoms with Gasteiger partial charge in [0, 0.05) is 6.08 Å². The number of carbonyl (C=O) groups excluding carboxylic acids is 1. The van der Waals surface area contributed by atoms with Gasteiger partial charge in [-0.1, -0.05) is 13.5 Å². The molecular weight excluding hydrogens is 421 g/mol. The van der Waals surface area contributed by atoms with Gasteiger partial charge in [-0.25, -0.2) is 4.79 Å². The molecule has 10 heteroatoms. The van der Waals surface area contributed by atoms with Crippen LogP contribution in [0, 0.1) is 0 Å². The Kier molecular flexibility index (Phi) is 27.6. The molecule has 0 spiro atoms. The summed E-state index contributed by atoms with van der Waals surface area (Å²) in [6.45, 7) is 15.8. The lowest BCUT2D eigenvalue weighted by atomic mass is 10.5. The molecule has 0 aromatic carbocycles. The molecule has 0 unspecified atom stereocenters. The predicted molar refractivity (Wildman–Crippen MR) is 125 cm³/mol. The third-order valence-electron chi connectivity index (χ3n) is 3.46. The molecule has 0 fully saturated rings. The molecule has 0 bridgehead atoms. The monoisotopic (exact) mass is 473 g/mol. The topological polar surface area (TPSA) is 113 Å². The highest BCUT2D eigenvalue weighted by Gasteiger charge is 1.98. The van der Waals surface area contributed by atoms with Crippen LogP contribution in [0.3, 0.4) is 0 Å². The van der Waals surface area contributed by atoms with Gasteiger partial charge in [0.05, 0.1) is 89.7 Å².